The number of rotatable bonds is 8. The predicted octanol–water partition coefficient (Wildman–Crippen LogP) is 4.57. The van der Waals surface area contributed by atoms with Crippen LogP contribution in [0.5, 0.6) is 17.2 Å². The van der Waals surface area contributed by atoms with E-state index in [4.69, 9.17) is 14.2 Å². The van der Waals surface area contributed by atoms with Crippen molar-refractivity contribution in [3.63, 3.8) is 0 Å². The molecule has 7 heteroatoms. The van der Waals surface area contributed by atoms with Gasteiger partial charge in [-0.1, -0.05) is 50.3 Å². The normalized spacial score (nSPS) is 18.1. The first kappa shape index (κ1) is 22.7. The molecule has 0 saturated carbocycles. The third kappa shape index (κ3) is 4.53. The molecule has 2 aliphatic rings. The molecule has 2 aromatic carbocycles. The van der Waals surface area contributed by atoms with Crippen molar-refractivity contribution in [2.45, 2.75) is 39.3 Å². The summed E-state index contributed by atoms with van der Waals surface area (Å²) in [5, 5.41) is 0. The van der Waals surface area contributed by atoms with Crippen molar-refractivity contribution in [1.82, 2.24) is 9.80 Å². The predicted molar refractivity (Wildman–Crippen MR) is 124 cm³/mol. The molecule has 0 N–H and O–H groups in total. The fraction of sp³-hybridized carbons (Fsp3) is 0.385. The lowest BCUT2D eigenvalue weighted by Crippen LogP contribution is -2.44. The maximum atomic E-state index is 13.3. The van der Waals surface area contributed by atoms with Gasteiger partial charge in [-0.2, -0.15) is 0 Å². The Morgan fingerprint density at radius 3 is 2.55 bits per heavy atom. The molecule has 2 aliphatic heterocycles. The van der Waals surface area contributed by atoms with Gasteiger partial charge < -0.3 is 19.1 Å². The summed E-state index contributed by atoms with van der Waals surface area (Å²) in [4.78, 5) is 29.7. The summed E-state index contributed by atoms with van der Waals surface area (Å²) in [6.07, 6.45) is 2.31. The van der Waals surface area contributed by atoms with E-state index in [1.165, 1.54) is 4.90 Å². The van der Waals surface area contributed by atoms with Crippen LogP contribution in [-0.2, 0) is 11.2 Å². The molecule has 3 amide bonds. The number of allylic oxidation sites excluding steroid dienone is 1. The van der Waals surface area contributed by atoms with Crippen LogP contribution in [0.2, 0.25) is 0 Å². The third-order valence-electron chi connectivity index (χ3n) is 6.23. The van der Waals surface area contributed by atoms with E-state index in [9.17, 15) is 9.59 Å². The molecule has 7 nitrogen and oxygen atoms in total. The van der Waals surface area contributed by atoms with Gasteiger partial charge in [-0.05, 0) is 30.9 Å². The van der Waals surface area contributed by atoms with Crippen molar-refractivity contribution < 1.29 is 23.8 Å². The summed E-state index contributed by atoms with van der Waals surface area (Å²) in [5.41, 5.74) is 1.88. The summed E-state index contributed by atoms with van der Waals surface area (Å²) in [7, 11) is 0. The Hall–Kier alpha value is -3.48. The van der Waals surface area contributed by atoms with Crippen LogP contribution in [0.25, 0.3) is 0 Å². The highest BCUT2D eigenvalue weighted by Crippen LogP contribution is 2.38. The Kier molecular flexibility index (Phi) is 6.58. The van der Waals surface area contributed by atoms with Gasteiger partial charge in [0.05, 0.1) is 12.1 Å². The third-order valence-corrected chi connectivity index (χ3v) is 6.23. The maximum absolute atomic E-state index is 13.3. The zero-order valence-electron chi connectivity index (χ0n) is 19.3. The summed E-state index contributed by atoms with van der Waals surface area (Å²) in [6.45, 7) is 10.2. The molecule has 174 valence electrons. The van der Waals surface area contributed by atoms with E-state index in [-0.39, 0.29) is 43.3 Å². The van der Waals surface area contributed by atoms with Crippen molar-refractivity contribution in [2.75, 3.05) is 19.9 Å². The SMILES string of the molecule is C=CCc1cc2c(cc1OCC(=O)N1C(=O)N([C@H](C)c3ccccc3)C[C@@H]1C(C)C)OCO2. The molecule has 33 heavy (non-hydrogen) atoms. The first-order chi connectivity index (χ1) is 15.9. The lowest BCUT2D eigenvalue weighted by Gasteiger charge is -2.25. The Morgan fingerprint density at radius 2 is 1.88 bits per heavy atom. The van der Waals surface area contributed by atoms with Gasteiger partial charge in [0.15, 0.2) is 18.1 Å². The fourth-order valence-electron chi connectivity index (χ4n) is 4.30. The van der Waals surface area contributed by atoms with Crippen LogP contribution in [-0.4, -0.2) is 47.7 Å². The number of hydrogen-bond acceptors (Lipinski definition) is 5. The number of carbonyl (C=O) groups is 2. The van der Waals surface area contributed by atoms with Gasteiger partial charge in [-0.25, -0.2) is 4.79 Å². The largest absolute Gasteiger partial charge is 0.483 e. The average Bonchev–Trinajstić information content (AvgIpc) is 3.41. The second-order valence-corrected chi connectivity index (χ2v) is 8.69. The molecule has 1 fully saturated rings. The highest BCUT2D eigenvalue weighted by atomic mass is 16.7. The number of urea groups is 1. The number of fused-ring (bicyclic) bond motifs is 1. The molecule has 0 aliphatic carbocycles. The second kappa shape index (κ2) is 9.57. The zero-order valence-corrected chi connectivity index (χ0v) is 19.3. The van der Waals surface area contributed by atoms with Crippen molar-refractivity contribution in [3.05, 3.63) is 66.2 Å². The van der Waals surface area contributed by atoms with Crippen LogP contribution < -0.4 is 14.2 Å². The van der Waals surface area contributed by atoms with E-state index in [0.29, 0.717) is 30.2 Å². The highest BCUT2D eigenvalue weighted by Gasteiger charge is 2.44. The topological polar surface area (TPSA) is 68.3 Å². The van der Waals surface area contributed by atoms with Crippen LogP contribution in [0.15, 0.2) is 55.1 Å². The number of imide groups is 1. The van der Waals surface area contributed by atoms with Crippen molar-refractivity contribution in [1.29, 1.82) is 0 Å². The zero-order chi connectivity index (χ0) is 23.5. The van der Waals surface area contributed by atoms with E-state index in [1.54, 1.807) is 17.0 Å². The Balaban J connectivity index is 1.51. The number of carbonyl (C=O) groups excluding carboxylic acids is 2. The molecule has 2 atom stereocenters. The molecule has 0 radical (unpaired) electrons. The minimum atomic E-state index is -0.358. The van der Waals surface area contributed by atoms with Gasteiger partial charge in [0.1, 0.15) is 5.75 Å². The Bertz CT molecular complexity index is 1040. The van der Waals surface area contributed by atoms with Gasteiger partial charge in [0.2, 0.25) is 6.79 Å². The molecule has 2 aromatic rings. The van der Waals surface area contributed by atoms with Gasteiger partial charge in [0, 0.05) is 18.2 Å². The van der Waals surface area contributed by atoms with Gasteiger partial charge in [-0.3, -0.25) is 9.69 Å². The molecular weight excluding hydrogens is 420 g/mol. The lowest BCUT2D eigenvalue weighted by molar-refractivity contribution is -0.131. The van der Waals surface area contributed by atoms with Crippen LogP contribution in [0, 0.1) is 5.92 Å². The van der Waals surface area contributed by atoms with E-state index in [1.807, 2.05) is 57.2 Å². The molecule has 1 saturated heterocycles. The van der Waals surface area contributed by atoms with Crippen molar-refractivity contribution in [2.24, 2.45) is 5.92 Å². The average molecular weight is 451 g/mol. The number of hydrogen-bond donors (Lipinski definition) is 0. The number of benzene rings is 2. The van der Waals surface area contributed by atoms with Crippen LogP contribution >= 0.6 is 0 Å². The summed E-state index contributed by atoms with van der Waals surface area (Å²) >= 11 is 0. The quantitative estimate of drug-likeness (QED) is 0.551. The standard InChI is InChI=1S/C26H30N2O5/c1-5-9-20-12-23-24(33-16-32-23)13-22(20)31-15-25(29)28-21(17(2)3)14-27(26(28)30)18(4)19-10-7-6-8-11-19/h5-8,10-13,17-18,21H,1,9,14-16H2,2-4H3/t18-,21-/m1/s1. The molecule has 0 aromatic heterocycles. The van der Waals surface area contributed by atoms with Gasteiger partial charge in [-0.15, -0.1) is 6.58 Å². The van der Waals surface area contributed by atoms with Crippen molar-refractivity contribution >= 4 is 11.9 Å². The first-order valence-corrected chi connectivity index (χ1v) is 11.2. The fourth-order valence-corrected chi connectivity index (χ4v) is 4.30. The first-order valence-electron chi connectivity index (χ1n) is 11.2. The van der Waals surface area contributed by atoms with Crippen LogP contribution in [0.3, 0.4) is 0 Å². The van der Waals surface area contributed by atoms with E-state index < -0.39 is 0 Å². The van der Waals surface area contributed by atoms with Crippen LogP contribution in [0.4, 0.5) is 4.79 Å². The molecule has 4 rings (SSSR count). The lowest BCUT2D eigenvalue weighted by atomic mass is 10.0. The van der Waals surface area contributed by atoms with Gasteiger partial charge in [0.25, 0.3) is 5.91 Å². The summed E-state index contributed by atoms with van der Waals surface area (Å²) in [5.74, 6) is 1.50. The highest BCUT2D eigenvalue weighted by molar-refractivity contribution is 5.97. The summed E-state index contributed by atoms with van der Waals surface area (Å²) in [6, 6.07) is 12.8. The van der Waals surface area contributed by atoms with Crippen LogP contribution in [0.1, 0.15) is 37.9 Å². The molecular formula is C26H30N2O5. The number of ether oxygens (including phenoxy) is 3. The summed E-state index contributed by atoms with van der Waals surface area (Å²) < 4.78 is 16.8. The minimum absolute atomic E-state index is 0.118. The van der Waals surface area contributed by atoms with Gasteiger partial charge >= 0.3 is 6.03 Å². The molecule has 0 unspecified atom stereocenters. The van der Waals surface area contributed by atoms with E-state index in [2.05, 4.69) is 6.58 Å². The van der Waals surface area contributed by atoms with Crippen molar-refractivity contribution in [3.8, 4) is 17.2 Å². The minimum Gasteiger partial charge on any atom is -0.483 e. The molecule has 2 heterocycles. The van der Waals surface area contributed by atoms with E-state index in [0.717, 1.165) is 11.1 Å². The monoisotopic (exact) mass is 450 g/mol. The number of amides is 3. The maximum Gasteiger partial charge on any atom is 0.327 e. The Labute approximate surface area is 194 Å². The smallest absolute Gasteiger partial charge is 0.327 e. The second-order valence-electron chi connectivity index (χ2n) is 8.69. The number of nitrogens with zero attached hydrogens (tertiary/aromatic N) is 2. The molecule has 0 bridgehead atoms. The molecule has 0 spiro atoms. The van der Waals surface area contributed by atoms with E-state index >= 15 is 0 Å². The Morgan fingerprint density at radius 1 is 1.18 bits per heavy atom.